The Balaban J connectivity index is 2.37. The molecule has 0 spiro atoms. The monoisotopic (exact) mass is 285 g/mol. The van der Waals surface area contributed by atoms with Gasteiger partial charge in [-0.05, 0) is 33.7 Å². The van der Waals surface area contributed by atoms with E-state index in [1.165, 1.54) is 0 Å². The fraction of sp³-hybridized carbons (Fsp3) is 0.692. The summed E-state index contributed by atoms with van der Waals surface area (Å²) in [7, 11) is 3.77. The smallest absolute Gasteiger partial charge is 0.326 e. The quantitative estimate of drug-likeness (QED) is 0.449. The third kappa shape index (κ3) is 4.54. The van der Waals surface area contributed by atoms with Gasteiger partial charge in [0.15, 0.2) is 5.16 Å². The Bertz CT molecular complexity index is 408. The maximum Gasteiger partial charge on any atom is 0.326 e. The van der Waals surface area contributed by atoms with E-state index >= 15 is 0 Å². The molecule has 0 aliphatic rings. The van der Waals surface area contributed by atoms with Crippen molar-refractivity contribution in [2.24, 2.45) is 7.05 Å². The van der Waals surface area contributed by atoms with Gasteiger partial charge in [-0.2, -0.15) is 0 Å². The number of carbonyl (C=O) groups excluding carboxylic acids is 1. The molecule has 0 saturated carbocycles. The van der Waals surface area contributed by atoms with Crippen molar-refractivity contribution < 1.29 is 9.53 Å². The van der Waals surface area contributed by atoms with Gasteiger partial charge in [0.25, 0.3) is 0 Å². The van der Waals surface area contributed by atoms with Gasteiger partial charge in [0, 0.05) is 25.2 Å². The number of thioether (sulfide) groups is 1. The minimum absolute atomic E-state index is 0.181. The fourth-order valence-corrected chi connectivity index (χ4v) is 2.57. The zero-order chi connectivity index (χ0) is 14.3. The highest BCUT2D eigenvalue weighted by molar-refractivity contribution is 7.99. The summed E-state index contributed by atoms with van der Waals surface area (Å²) in [4.78, 5) is 16.1. The molecule has 1 atom stereocenters. The van der Waals surface area contributed by atoms with Gasteiger partial charge in [0.05, 0.1) is 6.61 Å². The Morgan fingerprint density at radius 1 is 1.63 bits per heavy atom. The lowest BCUT2D eigenvalue weighted by atomic mass is 9.97. The van der Waals surface area contributed by atoms with E-state index in [1.807, 2.05) is 31.7 Å². The zero-order valence-electron chi connectivity index (χ0n) is 12.1. The standard InChI is InChI=1S/C13H23N3O2S/c1-5-18-11(17)13(2,14-3)7-6-10-19-12-15-8-9-16(12)4/h8-9,14H,5-7,10H2,1-4H3. The van der Waals surface area contributed by atoms with Crippen LogP contribution in [-0.4, -0.2) is 40.5 Å². The predicted molar refractivity (Wildman–Crippen MR) is 77.3 cm³/mol. The molecule has 0 aromatic carbocycles. The van der Waals surface area contributed by atoms with E-state index < -0.39 is 5.54 Å². The summed E-state index contributed by atoms with van der Waals surface area (Å²) < 4.78 is 7.09. The van der Waals surface area contributed by atoms with E-state index in [0.717, 1.165) is 23.8 Å². The number of hydrogen-bond donors (Lipinski definition) is 1. The minimum atomic E-state index is -0.599. The number of rotatable bonds is 8. The van der Waals surface area contributed by atoms with Crippen LogP contribution in [0.2, 0.25) is 0 Å². The van der Waals surface area contributed by atoms with Crippen LogP contribution < -0.4 is 5.32 Å². The van der Waals surface area contributed by atoms with E-state index in [1.54, 1.807) is 25.0 Å². The van der Waals surface area contributed by atoms with Crippen molar-refractivity contribution >= 4 is 17.7 Å². The molecule has 0 amide bonds. The highest BCUT2D eigenvalue weighted by Gasteiger charge is 2.32. The predicted octanol–water partition coefficient (Wildman–Crippen LogP) is 1.83. The Morgan fingerprint density at radius 3 is 2.89 bits per heavy atom. The van der Waals surface area contributed by atoms with Gasteiger partial charge in [0.2, 0.25) is 0 Å². The first-order valence-electron chi connectivity index (χ1n) is 6.49. The molecule has 0 aliphatic heterocycles. The first-order chi connectivity index (χ1) is 9.03. The summed E-state index contributed by atoms with van der Waals surface area (Å²) in [5, 5.41) is 4.07. The molecule has 1 rings (SSSR count). The molecular formula is C13H23N3O2S. The third-order valence-electron chi connectivity index (χ3n) is 3.11. The van der Waals surface area contributed by atoms with Crippen molar-refractivity contribution in [2.45, 2.75) is 37.4 Å². The van der Waals surface area contributed by atoms with Crippen LogP contribution in [0, 0.1) is 0 Å². The van der Waals surface area contributed by atoms with Crippen LogP contribution in [0.1, 0.15) is 26.7 Å². The molecule has 0 saturated heterocycles. The Hall–Kier alpha value is -1.01. The molecule has 0 bridgehead atoms. The van der Waals surface area contributed by atoms with Crippen LogP contribution in [0.15, 0.2) is 17.6 Å². The summed E-state index contributed by atoms with van der Waals surface area (Å²) in [6.07, 6.45) is 5.39. The van der Waals surface area contributed by atoms with Crippen LogP contribution in [0.5, 0.6) is 0 Å². The number of carbonyl (C=O) groups is 1. The van der Waals surface area contributed by atoms with Crippen LogP contribution in [0.25, 0.3) is 0 Å². The second-order valence-electron chi connectivity index (χ2n) is 4.58. The molecule has 108 valence electrons. The third-order valence-corrected chi connectivity index (χ3v) is 4.25. The van der Waals surface area contributed by atoms with Crippen LogP contribution in [0.4, 0.5) is 0 Å². The Kier molecular flexibility index (Phi) is 6.37. The largest absolute Gasteiger partial charge is 0.465 e. The van der Waals surface area contributed by atoms with Crippen LogP contribution in [-0.2, 0) is 16.6 Å². The Morgan fingerprint density at radius 2 is 2.37 bits per heavy atom. The molecule has 1 N–H and O–H groups in total. The maximum atomic E-state index is 11.9. The molecule has 6 heteroatoms. The van der Waals surface area contributed by atoms with Gasteiger partial charge in [-0.3, -0.25) is 4.79 Å². The van der Waals surface area contributed by atoms with Crippen molar-refractivity contribution in [2.75, 3.05) is 19.4 Å². The van der Waals surface area contributed by atoms with Gasteiger partial charge < -0.3 is 14.6 Å². The highest BCUT2D eigenvalue weighted by atomic mass is 32.2. The SMILES string of the molecule is CCOC(=O)C(C)(CCCSc1nccn1C)NC. The van der Waals surface area contributed by atoms with E-state index in [2.05, 4.69) is 10.3 Å². The molecule has 0 radical (unpaired) electrons. The summed E-state index contributed by atoms with van der Waals surface area (Å²) in [5.74, 6) is 0.751. The Labute approximate surface area is 119 Å². The number of esters is 1. The summed E-state index contributed by atoms with van der Waals surface area (Å²) >= 11 is 1.70. The fourth-order valence-electron chi connectivity index (χ4n) is 1.70. The van der Waals surface area contributed by atoms with Gasteiger partial charge in [0.1, 0.15) is 5.54 Å². The van der Waals surface area contributed by atoms with Crippen LogP contribution >= 0.6 is 11.8 Å². The van der Waals surface area contributed by atoms with Gasteiger partial charge in [-0.1, -0.05) is 11.8 Å². The van der Waals surface area contributed by atoms with Crippen LogP contribution in [0.3, 0.4) is 0 Å². The maximum absolute atomic E-state index is 11.9. The molecule has 1 unspecified atom stereocenters. The number of imidazole rings is 1. The van der Waals surface area contributed by atoms with E-state index in [9.17, 15) is 4.79 Å². The van der Waals surface area contributed by atoms with Crippen molar-refractivity contribution in [3.05, 3.63) is 12.4 Å². The number of nitrogens with one attached hydrogen (secondary N) is 1. The highest BCUT2D eigenvalue weighted by Crippen LogP contribution is 2.20. The molecule has 19 heavy (non-hydrogen) atoms. The van der Waals surface area contributed by atoms with Gasteiger partial charge in [-0.15, -0.1) is 0 Å². The number of nitrogens with zero attached hydrogens (tertiary/aromatic N) is 2. The number of aryl methyl sites for hydroxylation is 1. The first kappa shape index (κ1) is 16.0. The molecule has 1 aromatic rings. The molecule has 0 aliphatic carbocycles. The number of hydrogen-bond acceptors (Lipinski definition) is 5. The first-order valence-corrected chi connectivity index (χ1v) is 7.48. The van der Waals surface area contributed by atoms with Gasteiger partial charge in [-0.25, -0.2) is 4.98 Å². The number of likely N-dealkylation sites (N-methyl/N-ethyl adjacent to an activating group) is 1. The normalized spacial score (nSPS) is 14.1. The lowest BCUT2D eigenvalue weighted by Gasteiger charge is -2.26. The van der Waals surface area contributed by atoms with Crippen molar-refractivity contribution in [3.8, 4) is 0 Å². The average molecular weight is 285 g/mol. The zero-order valence-corrected chi connectivity index (χ0v) is 12.9. The summed E-state index contributed by atoms with van der Waals surface area (Å²) in [6, 6.07) is 0. The summed E-state index contributed by atoms with van der Waals surface area (Å²) in [5.41, 5.74) is -0.599. The molecular weight excluding hydrogens is 262 g/mol. The number of ether oxygens (including phenoxy) is 1. The molecule has 5 nitrogen and oxygen atoms in total. The van der Waals surface area contributed by atoms with E-state index in [-0.39, 0.29) is 5.97 Å². The van der Waals surface area contributed by atoms with Crippen molar-refractivity contribution in [3.63, 3.8) is 0 Å². The molecule has 0 fully saturated rings. The van der Waals surface area contributed by atoms with Crippen molar-refractivity contribution in [1.29, 1.82) is 0 Å². The second-order valence-corrected chi connectivity index (χ2v) is 5.64. The molecule has 1 aromatic heterocycles. The lowest BCUT2D eigenvalue weighted by molar-refractivity contribution is -0.150. The number of aromatic nitrogens is 2. The second kappa shape index (κ2) is 7.55. The van der Waals surface area contributed by atoms with E-state index in [0.29, 0.717) is 6.61 Å². The molecule has 1 heterocycles. The topological polar surface area (TPSA) is 56.1 Å². The minimum Gasteiger partial charge on any atom is -0.465 e. The lowest BCUT2D eigenvalue weighted by Crippen LogP contribution is -2.48. The van der Waals surface area contributed by atoms with E-state index in [4.69, 9.17) is 4.74 Å². The van der Waals surface area contributed by atoms with Crippen molar-refractivity contribution in [1.82, 2.24) is 14.9 Å². The van der Waals surface area contributed by atoms with Gasteiger partial charge >= 0.3 is 5.97 Å². The summed E-state index contributed by atoms with van der Waals surface area (Å²) in [6.45, 7) is 4.12. The average Bonchev–Trinajstić information content (AvgIpc) is 2.80.